The van der Waals surface area contributed by atoms with Crippen LogP contribution >= 0.6 is 0 Å². The molecule has 1 amide bonds. The summed E-state index contributed by atoms with van der Waals surface area (Å²) in [5.74, 6) is 0.872. The Bertz CT molecular complexity index is 809. The lowest BCUT2D eigenvalue weighted by molar-refractivity contribution is 0.0776. The van der Waals surface area contributed by atoms with E-state index in [-0.39, 0.29) is 5.91 Å². The number of hydrogen-bond donors (Lipinski definition) is 1. The van der Waals surface area contributed by atoms with Crippen LogP contribution in [0, 0.1) is 5.92 Å². The van der Waals surface area contributed by atoms with E-state index in [1.54, 1.807) is 0 Å². The quantitative estimate of drug-likeness (QED) is 0.876. The summed E-state index contributed by atoms with van der Waals surface area (Å²) in [5, 5.41) is 1.27. The van der Waals surface area contributed by atoms with Crippen LogP contribution in [0.4, 0.5) is 0 Å². The molecule has 0 spiro atoms. The van der Waals surface area contributed by atoms with Gasteiger partial charge in [0.15, 0.2) is 0 Å². The van der Waals surface area contributed by atoms with Crippen LogP contribution in [0.2, 0.25) is 0 Å². The fourth-order valence-corrected chi connectivity index (χ4v) is 5.12. The number of likely N-dealkylation sites (N-methyl/N-ethyl adjacent to an activating group) is 1. The number of aryl methyl sites for hydroxylation is 2. The molecule has 0 unspecified atom stereocenters. The third kappa shape index (κ3) is 2.05. The first-order chi connectivity index (χ1) is 11.7. The Morgan fingerprint density at radius 1 is 1.21 bits per heavy atom. The highest BCUT2D eigenvalue weighted by molar-refractivity contribution is 6.07. The number of H-pyrrole nitrogens is 1. The third-order valence-corrected chi connectivity index (χ3v) is 6.48. The van der Waals surface area contributed by atoms with Crippen molar-refractivity contribution >= 4 is 16.8 Å². The second-order valence-corrected chi connectivity index (χ2v) is 7.82. The molecule has 126 valence electrons. The summed E-state index contributed by atoms with van der Waals surface area (Å²) in [4.78, 5) is 21.3. The minimum Gasteiger partial charge on any atom is -0.358 e. The van der Waals surface area contributed by atoms with Crippen molar-refractivity contribution in [2.75, 3.05) is 26.7 Å². The fraction of sp³-hybridized carbons (Fsp3) is 0.550. The fourth-order valence-electron chi connectivity index (χ4n) is 5.12. The van der Waals surface area contributed by atoms with Crippen LogP contribution < -0.4 is 0 Å². The molecule has 0 bridgehead atoms. The molecule has 3 heterocycles. The summed E-state index contributed by atoms with van der Waals surface area (Å²) >= 11 is 0. The number of aromatic nitrogens is 1. The summed E-state index contributed by atoms with van der Waals surface area (Å²) in [6.07, 6.45) is 6.01. The normalized spacial score (nSPS) is 26.8. The zero-order valence-electron chi connectivity index (χ0n) is 14.3. The van der Waals surface area contributed by atoms with E-state index in [9.17, 15) is 4.79 Å². The van der Waals surface area contributed by atoms with E-state index >= 15 is 0 Å². The number of likely N-dealkylation sites (tertiary alicyclic amines) is 2. The summed E-state index contributed by atoms with van der Waals surface area (Å²) in [7, 11) is 2.19. The Balaban J connectivity index is 1.50. The molecule has 1 aromatic heterocycles. The number of carbonyl (C=O) groups excluding carboxylic acids is 1. The van der Waals surface area contributed by atoms with Crippen molar-refractivity contribution in [1.82, 2.24) is 14.8 Å². The van der Waals surface area contributed by atoms with Crippen molar-refractivity contribution in [3.63, 3.8) is 0 Å². The molecule has 0 saturated carbocycles. The van der Waals surface area contributed by atoms with Gasteiger partial charge in [0, 0.05) is 30.2 Å². The lowest BCUT2D eigenvalue weighted by Gasteiger charge is -2.21. The predicted molar refractivity (Wildman–Crippen MR) is 95.4 cm³/mol. The van der Waals surface area contributed by atoms with E-state index in [1.165, 1.54) is 42.5 Å². The highest BCUT2D eigenvalue weighted by atomic mass is 16.2. The first-order valence-corrected chi connectivity index (χ1v) is 9.34. The third-order valence-electron chi connectivity index (χ3n) is 6.48. The number of para-hydroxylation sites is 1. The van der Waals surface area contributed by atoms with Crippen molar-refractivity contribution in [3.05, 3.63) is 35.0 Å². The molecule has 1 N–H and O–H groups in total. The van der Waals surface area contributed by atoms with E-state index in [0.717, 1.165) is 37.0 Å². The maximum atomic E-state index is 13.2. The minimum atomic E-state index is 0.210. The summed E-state index contributed by atoms with van der Waals surface area (Å²) < 4.78 is 0. The second kappa shape index (κ2) is 5.35. The molecule has 4 heteroatoms. The molecule has 24 heavy (non-hydrogen) atoms. The van der Waals surface area contributed by atoms with Gasteiger partial charge in [-0.25, -0.2) is 0 Å². The SMILES string of the molecule is CN1CC[C@@H]2CN(C(=O)c3cccc4c5c([nH]c34)CCCC5)C[C@@H]21. The van der Waals surface area contributed by atoms with E-state index in [2.05, 4.69) is 34.0 Å². The number of benzene rings is 1. The topological polar surface area (TPSA) is 39.3 Å². The average molecular weight is 323 g/mol. The number of fused-ring (bicyclic) bond motifs is 4. The molecular formula is C20H25N3O. The molecule has 5 rings (SSSR count). The van der Waals surface area contributed by atoms with Crippen molar-refractivity contribution in [3.8, 4) is 0 Å². The maximum Gasteiger partial charge on any atom is 0.256 e. The maximum absolute atomic E-state index is 13.2. The van der Waals surface area contributed by atoms with Gasteiger partial charge in [0.05, 0.1) is 11.1 Å². The molecule has 2 aliphatic heterocycles. The van der Waals surface area contributed by atoms with Crippen molar-refractivity contribution in [2.24, 2.45) is 5.92 Å². The van der Waals surface area contributed by atoms with Crippen LogP contribution in [0.25, 0.3) is 10.9 Å². The van der Waals surface area contributed by atoms with Gasteiger partial charge in [-0.2, -0.15) is 0 Å². The van der Waals surface area contributed by atoms with E-state index in [0.29, 0.717) is 12.0 Å². The van der Waals surface area contributed by atoms with Crippen molar-refractivity contribution in [1.29, 1.82) is 0 Å². The Morgan fingerprint density at radius 3 is 2.96 bits per heavy atom. The van der Waals surface area contributed by atoms with Crippen LogP contribution in [0.5, 0.6) is 0 Å². The van der Waals surface area contributed by atoms with Gasteiger partial charge in [-0.15, -0.1) is 0 Å². The zero-order valence-corrected chi connectivity index (χ0v) is 14.3. The molecule has 2 fully saturated rings. The Kier molecular flexibility index (Phi) is 3.24. The first kappa shape index (κ1) is 14.5. The van der Waals surface area contributed by atoms with Crippen LogP contribution in [-0.2, 0) is 12.8 Å². The summed E-state index contributed by atoms with van der Waals surface area (Å²) in [5.41, 5.74) is 4.74. The van der Waals surface area contributed by atoms with Gasteiger partial charge < -0.3 is 14.8 Å². The molecule has 3 aliphatic rings. The van der Waals surface area contributed by atoms with Gasteiger partial charge in [0.2, 0.25) is 0 Å². The number of aromatic amines is 1. The van der Waals surface area contributed by atoms with Crippen LogP contribution in [-0.4, -0.2) is 53.4 Å². The number of rotatable bonds is 1. The molecule has 2 saturated heterocycles. The molecule has 0 radical (unpaired) electrons. The number of amides is 1. The number of carbonyl (C=O) groups is 1. The first-order valence-electron chi connectivity index (χ1n) is 9.34. The van der Waals surface area contributed by atoms with Crippen LogP contribution in [0.3, 0.4) is 0 Å². The van der Waals surface area contributed by atoms with Gasteiger partial charge in [-0.3, -0.25) is 4.79 Å². The summed E-state index contributed by atoms with van der Waals surface area (Å²) in [6.45, 7) is 2.98. The number of nitrogens with one attached hydrogen (secondary N) is 1. The summed E-state index contributed by atoms with van der Waals surface area (Å²) in [6, 6.07) is 6.80. The molecule has 2 aromatic rings. The van der Waals surface area contributed by atoms with E-state index < -0.39 is 0 Å². The molecular weight excluding hydrogens is 298 g/mol. The molecule has 1 aromatic carbocycles. The largest absolute Gasteiger partial charge is 0.358 e. The lowest BCUT2D eigenvalue weighted by Crippen LogP contribution is -2.35. The standard InChI is InChI=1S/C20H25N3O/c1-22-10-9-13-11-23(12-18(13)22)20(24)16-7-4-6-15-14-5-2-3-8-17(14)21-19(15)16/h4,6-7,13,18,21H,2-3,5,8-12H2,1H3/t13-,18+/m1/s1. The van der Waals surface area contributed by atoms with Gasteiger partial charge in [0.25, 0.3) is 5.91 Å². The van der Waals surface area contributed by atoms with Gasteiger partial charge in [-0.05, 0) is 63.2 Å². The predicted octanol–water partition coefficient (Wildman–Crippen LogP) is 2.82. The molecule has 4 nitrogen and oxygen atoms in total. The second-order valence-electron chi connectivity index (χ2n) is 7.82. The number of hydrogen-bond acceptors (Lipinski definition) is 2. The monoisotopic (exact) mass is 323 g/mol. The van der Waals surface area contributed by atoms with Crippen LogP contribution in [0.1, 0.15) is 40.9 Å². The Hall–Kier alpha value is -1.81. The van der Waals surface area contributed by atoms with Crippen molar-refractivity contribution < 1.29 is 4.79 Å². The minimum absolute atomic E-state index is 0.210. The average Bonchev–Trinajstić information content (AvgIpc) is 3.28. The number of nitrogens with zero attached hydrogens (tertiary/aromatic N) is 2. The Morgan fingerprint density at radius 2 is 2.08 bits per heavy atom. The van der Waals surface area contributed by atoms with Gasteiger partial charge in [0.1, 0.15) is 0 Å². The zero-order chi connectivity index (χ0) is 16.3. The van der Waals surface area contributed by atoms with Crippen molar-refractivity contribution in [2.45, 2.75) is 38.1 Å². The van der Waals surface area contributed by atoms with Gasteiger partial charge in [-0.1, -0.05) is 12.1 Å². The Labute approximate surface area is 142 Å². The molecule has 2 atom stereocenters. The lowest BCUT2D eigenvalue weighted by atomic mass is 9.95. The highest BCUT2D eigenvalue weighted by Crippen LogP contribution is 2.34. The highest BCUT2D eigenvalue weighted by Gasteiger charge is 2.41. The molecule has 1 aliphatic carbocycles. The van der Waals surface area contributed by atoms with Crippen LogP contribution in [0.15, 0.2) is 18.2 Å². The van der Waals surface area contributed by atoms with E-state index in [4.69, 9.17) is 0 Å². The van der Waals surface area contributed by atoms with Gasteiger partial charge >= 0.3 is 0 Å². The van der Waals surface area contributed by atoms with E-state index in [1.807, 2.05) is 6.07 Å². The smallest absolute Gasteiger partial charge is 0.256 e.